The molecule has 1 aromatic heterocycles. The van der Waals surface area contributed by atoms with Crippen LogP contribution in [0.1, 0.15) is 11.1 Å². The van der Waals surface area contributed by atoms with E-state index in [1.54, 1.807) is 10.9 Å². The third-order valence-corrected chi connectivity index (χ3v) is 4.30. The Bertz CT molecular complexity index is 668. The molecule has 0 saturated heterocycles. The first-order valence-corrected chi connectivity index (χ1v) is 8.45. The minimum Gasteiger partial charge on any atom is -0.395 e. The summed E-state index contributed by atoms with van der Waals surface area (Å²) in [7, 11) is -3.34. The molecule has 1 aromatic carbocycles. The number of rotatable bonds is 7. The highest BCUT2D eigenvalue weighted by atomic mass is 32.2. The summed E-state index contributed by atoms with van der Waals surface area (Å²) in [6, 6.07) is 9.90. The minimum absolute atomic E-state index is 0.0860. The van der Waals surface area contributed by atoms with Gasteiger partial charge in [0.2, 0.25) is 10.0 Å². The van der Waals surface area contributed by atoms with Crippen molar-refractivity contribution in [2.24, 2.45) is 0 Å². The van der Waals surface area contributed by atoms with Crippen LogP contribution in [-0.4, -0.2) is 47.0 Å². The van der Waals surface area contributed by atoms with Gasteiger partial charge in [-0.3, -0.25) is 4.68 Å². The van der Waals surface area contributed by atoms with Crippen molar-refractivity contribution in [3.63, 3.8) is 0 Å². The predicted octanol–water partition coefficient (Wildman–Crippen LogP) is 0.685. The molecule has 1 heterocycles. The molecule has 0 atom stereocenters. The maximum atomic E-state index is 11.6. The topological polar surface area (TPSA) is 75.4 Å². The summed E-state index contributed by atoms with van der Waals surface area (Å²) in [5.74, 6) is 0. The van der Waals surface area contributed by atoms with Gasteiger partial charge in [0.15, 0.2) is 0 Å². The van der Waals surface area contributed by atoms with Gasteiger partial charge >= 0.3 is 0 Å². The third kappa shape index (κ3) is 4.66. The van der Waals surface area contributed by atoms with E-state index in [0.717, 1.165) is 17.4 Å². The number of aromatic nitrogens is 2. The normalized spacial score (nSPS) is 12.0. The van der Waals surface area contributed by atoms with Crippen molar-refractivity contribution < 1.29 is 13.5 Å². The van der Waals surface area contributed by atoms with E-state index < -0.39 is 10.0 Å². The van der Waals surface area contributed by atoms with Gasteiger partial charge in [-0.05, 0) is 5.56 Å². The number of hydrogen-bond donors (Lipinski definition) is 1. The van der Waals surface area contributed by atoms with E-state index >= 15 is 0 Å². The van der Waals surface area contributed by atoms with Crippen molar-refractivity contribution >= 4 is 10.0 Å². The van der Waals surface area contributed by atoms with Crippen LogP contribution in [0, 0.1) is 0 Å². The number of aliphatic hydroxyl groups excluding tert-OH is 1. The largest absolute Gasteiger partial charge is 0.395 e. The third-order valence-electron chi connectivity index (χ3n) is 3.05. The molecule has 7 heteroatoms. The zero-order chi connectivity index (χ0) is 15.3. The summed E-state index contributed by atoms with van der Waals surface area (Å²) in [5.41, 5.74) is 1.92. The summed E-state index contributed by atoms with van der Waals surface area (Å²) in [4.78, 5) is 0. The van der Waals surface area contributed by atoms with Crippen molar-refractivity contribution in [3.8, 4) is 0 Å². The standard InChI is InChI=1S/C14H19N3O3S/c1-21(19,20)17(7-8-18)12-14-9-15-16(11-14)10-13-5-3-2-4-6-13/h2-6,9,11,18H,7-8,10,12H2,1H3. The summed E-state index contributed by atoms with van der Waals surface area (Å²) < 4.78 is 26.2. The Morgan fingerprint density at radius 2 is 1.95 bits per heavy atom. The number of nitrogens with zero attached hydrogens (tertiary/aromatic N) is 3. The smallest absolute Gasteiger partial charge is 0.211 e. The quantitative estimate of drug-likeness (QED) is 0.816. The molecule has 0 amide bonds. The fourth-order valence-corrected chi connectivity index (χ4v) is 2.82. The molecule has 0 spiro atoms. The van der Waals surface area contributed by atoms with Crippen LogP contribution in [0.2, 0.25) is 0 Å². The number of benzene rings is 1. The second-order valence-electron chi connectivity index (χ2n) is 4.85. The van der Waals surface area contributed by atoms with E-state index in [1.807, 2.05) is 36.5 Å². The van der Waals surface area contributed by atoms with Gasteiger partial charge in [0, 0.05) is 24.8 Å². The number of hydrogen-bond acceptors (Lipinski definition) is 4. The van der Waals surface area contributed by atoms with Gasteiger partial charge in [-0.2, -0.15) is 9.40 Å². The lowest BCUT2D eigenvalue weighted by molar-refractivity contribution is 0.251. The van der Waals surface area contributed by atoms with Gasteiger partial charge < -0.3 is 5.11 Å². The Labute approximate surface area is 124 Å². The van der Waals surface area contributed by atoms with Crippen LogP contribution in [0.4, 0.5) is 0 Å². The number of aliphatic hydroxyl groups is 1. The minimum atomic E-state index is -3.34. The molecule has 21 heavy (non-hydrogen) atoms. The lowest BCUT2D eigenvalue weighted by Gasteiger charge is -2.17. The maximum absolute atomic E-state index is 11.6. The van der Waals surface area contributed by atoms with Gasteiger partial charge in [-0.25, -0.2) is 8.42 Å². The lowest BCUT2D eigenvalue weighted by Crippen LogP contribution is -2.32. The zero-order valence-corrected chi connectivity index (χ0v) is 12.7. The molecule has 0 aliphatic rings. The molecule has 1 N–H and O–H groups in total. The molecule has 6 nitrogen and oxygen atoms in total. The Hall–Kier alpha value is -1.70. The summed E-state index contributed by atoms with van der Waals surface area (Å²) in [5, 5.41) is 13.2. The van der Waals surface area contributed by atoms with Gasteiger partial charge in [0.1, 0.15) is 0 Å². The SMILES string of the molecule is CS(=O)(=O)N(CCO)Cc1cnn(Cc2ccccc2)c1. The van der Waals surface area contributed by atoms with Crippen LogP contribution in [0.3, 0.4) is 0 Å². The highest BCUT2D eigenvalue weighted by Crippen LogP contribution is 2.09. The molecular formula is C14H19N3O3S. The van der Waals surface area contributed by atoms with Crippen LogP contribution in [0.15, 0.2) is 42.7 Å². The van der Waals surface area contributed by atoms with E-state index in [1.165, 1.54) is 4.31 Å². The van der Waals surface area contributed by atoms with Gasteiger partial charge in [0.05, 0.1) is 25.6 Å². The van der Waals surface area contributed by atoms with E-state index in [0.29, 0.717) is 6.54 Å². The fourth-order valence-electron chi connectivity index (χ4n) is 2.02. The van der Waals surface area contributed by atoms with E-state index in [2.05, 4.69) is 5.10 Å². The average molecular weight is 309 g/mol. The van der Waals surface area contributed by atoms with Crippen LogP contribution in [0.5, 0.6) is 0 Å². The molecule has 2 aromatic rings. The van der Waals surface area contributed by atoms with Crippen molar-refractivity contribution in [3.05, 3.63) is 53.9 Å². The van der Waals surface area contributed by atoms with Gasteiger partial charge in [0.25, 0.3) is 0 Å². The number of sulfonamides is 1. The molecule has 0 aliphatic carbocycles. The summed E-state index contributed by atoms with van der Waals surface area (Å²) in [6.07, 6.45) is 4.61. The highest BCUT2D eigenvalue weighted by Gasteiger charge is 2.17. The van der Waals surface area contributed by atoms with Crippen LogP contribution >= 0.6 is 0 Å². The Balaban J connectivity index is 2.05. The molecule has 2 rings (SSSR count). The van der Waals surface area contributed by atoms with Crippen molar-refractivity contribution in [1.29, 1.82) is 0 Å². The zero-order valence-electron chi connectivity index (χ0n) is 11.9. The first-order valence-electron chi connectivity index (χ1n) is 6.60. The summed E-state index contributed by atoms with van der Waals surface area (Å²) in [6.45, 7) is 0.738. The molecular weight excluding hydrogens is 290 g/mol. The molecule has 0 saturated carbocycles. The molecule has 0 bridgehead atoms. The molecule has 0 aliphatic heterocycles. The maximum Gasteiger partial charge on any atom is 0.211 e. The van der Waals surface area contributed by atoms with E-state index in [4.69, 9.17) is 5.11 Å². The average Bonchev–Trinajstić information content (AvgIpc) is 2.86. The van der Waals surface area contributed by atoms with Crippen molar-refractivity contribution in [2.75, 3.05) is 19.4 Å². The monoisotopic (exact) mass is 309 g/mol. The van der Waals surface area contributed by atoms with Crippen molar-refractivity contribution in [2.45, 2.75) is 13.1 Å². The first kappa shape index (κ1) is 15.7. The van der Waals surface area contributed by atoms with Crippen LogP contribution in [-0.2, 0) is 23.1 Å². The predicted molar refractivity (Wildman–Crippen MR) is 80.1 cm³/mol. The van der Waals surface area contributed by atoms with Crippen molar-refractivity contribution in [1.82, 2.24) is 14.1 Å². The van der Waals surface area contributed by atoms with E-state index in [-0.39, 0.29) is 19.7 Å². The second kappa shape index (κ2) is 6.84. The second-order valence-corrected chi connectivity index (χ2v) is 6.83. The van der Waals surface area contributed by atoms with Crippen LogP contribution < -0.4 is 0 Å². The van der Waals surface area contributed by atoms with Crippen LogP contribution in [0.25, 0.3) is 0 Å². The van der Waals surface area contributed by atoms with Gasteiger partial charge in [-0.1, -0.05) is 30.3 Å². The Kier molecular flexibility index (Phi) is 5.11. The Morgan fingerprint density at radius 1 is 1.24 bits per heavy atom. The van der Waals surface area contributed by atoms with Gasteiger partial charge in [-0.15, -0.1) is 0 Å². The molecule has 0 unspecified atom stereocenters. The highest BCUT2D eigenvalue weighted by molar-refractivity contribution is 7.88. The molecule has 114 valence electrons. The Morgan fingerprint density at radius 3 is 2.57 bits per heavy atom. The first-order chi connectivity index (χ1) is 9.99. The lowest BCUT2D eigenvalue weighted by atomic mass is 10.2. The molecule has 0 radical (unpaired) electrons. The van der Waals surface area contributed by atoms with E-state index in [9.17, 15) is 8.42 Å². The summed E-state index contributed by atoms with van der Waals surface area (Å²) >= 11 is 0. The fraction of sp³-hybridized carbons (Fsp3) is 0.357. The molecule has 0 fully saturated rings.